The summed E-state index contributed by atoms with van der Waals surface area (Å²) in [5, 5.41) is 1.82. The maximum Gasteiger partial charge on any atom is 0.326 e. The Balaban J connectivity index is 1.88. The van der Waals surface area contributed by atoms with Gasteiger partial charge in [0.05, 0.1) is 6.61 Å². The van der Waals surface area contributed by atoms with Gasteiger partial charge in [-0.1, -0.05) is 48.1 Å². The number of aliphatic imine (C=N–C) groups is 2. The fourth-order valence-electron chi connectivity index (χ4n) is 2.55. The SMILES string of the molecule is CCOC(=O)C1(CC)C=C2C(Sc3ccc(C)cc3)=NCN=C2S1. The quantitative estimate of drug-likeness (QED) is 0.754. The molecule has 1 atom stereocenters. The summed E-state index contributed by atoms with van der Waals surface area (Å²) in [4.78, 5) is 22.6. The van der Waals surface area contributed by atoms with Crippen LogP contribution in [-0.4, -0.2) is 34.1 Å². The summed E-state index contributed by atoms with van der Waals surface area (Å²) < 4.78 is 4.61. The number of esters is 1. The molecule has 0 saturated carbocycles. The maximum absolute atomic E-state index is 12.5. The molecule has 0 spiro atoms. The van der Waals surface area contributed by atoms with Gasteiger partial charge >= 0.3 is 5.97 Å². The lowest BCUT2D eigenvalue weighted by atomic mass is 10.0. The van der Waals surface area contributed by atoms with Crippen molar-refractivity contribution in [2.45, 2.75) is 36.8 Å². The normalized spacial score (nSPS) is 22.4. The number of carbonyl (C=O) groups is 1. The zero-order valence-corrected chi connectivity index (χ0v) is 15.7. The van der Waals surface area contributed by atoms with Crippen molar-refractivity contribution in [1.82, 2.24) is 0 Å². The molecule has 4 nitrogen and oxygen atoms in total. The van der Waals surface area contributed by atoms with Crippen LogP contribution in [0, 0.1) is 6.92 Å². The fourth-order valence-corrected chi connectivity index (χ4v) is 4.69. The molecule has 126 valence electrons. The molecule has 3 rings (SSSR count). The van der Waals surface area contributed by atoms with Gasteiger partial charge in [0.2, 0.25) is 0 Å². The molecule has 0 N–H and O–H groups in total. The summed E-state index contributed by atoms with van der Waals surface area (Å²) in [5.74, 6) is -0.193. The highest BCUT2D eigenvalue weighted by molar-refractivity contribution is 8.18. The molecule has 2 aliphatic heterocycles. The van der Waals surface area contributed by atoms with E-state index in [4.69, 9.17) is 4.74 Å². The average Bonchev–Trinajstić information content (AvgIpc) is 2.98. The Morgan fingerprint density at radius 3 is 2.71 bits per heavy atom. The van der Waals surface area contributed by atoms with Gasteiger partial charge in [-0.25, -0.2) is 0 Å². The van der Waals surface area contributed by atoms with Crippen molar-refractivity contribution in [1.29, 1.82) is 0 Å². The Labute approximate surface area is 150 Å². The molecule has 1 aromatic carbocycles. The summed E-state index contributed by atoms with van der Waals surface area (Å²) in [6.45, 7) is 6.70. The van der Waals surface area contributed by atoms with Crippen molar-refractivity contribution in [3.05, 3.63) is 41.5 Å². The zero-order chi connectivity index (χ0) is 17.2. The number of benzene rings is 1. The first-order chi connectivity index (χ1) is 11.6. The molecule has 6 heteroatoms. The van der Waals surface area contributed by atoms with E-state index < -0.39 is 4.75 Å². The molecular formula is C18H20N2O2S2. The molecule has 0 radical (unpaired) electrons. The Bertz CT molecular complexity index is 738. The van der Waals surface area contributed by atoms with E-state index in [1.165, 1.54) is 17.3 Å². The molecular weight excluding hydrogens is 340 g/mol. The zero-order valence-electron chi connectivity index (χ0n) is 14.0. The lowest BCUT2D eigenvalue weighted by Gasteiger charge is -2.21. The molecule has 0 bridgehead atoms. The average molecular weight is 361 g/mol. The Hall–Kier alpha value is -1.53. The maximum atomic E-state index is 12.5. The van der Waals surface area contributed by atoms with E-state index in [1.807, 2.05) is 19.9 Å². The van der Waals surface area contributed by atoms with E-state index in [0.29, 0.717) is 19.7 Å². The molecule has 0 aromatic heterocycles. The first-order valence-corrected chi connectivity index (χ1v) is 9.64. The van der Waals surface area contributed by atoms with Crippen LogP contribution in [0.2, 0.25) is 0 Å². The minimum absolute atomic E-state index is 0.193. The summed E-state index contributed by atoms with van der Waals surface area (Å²) in [5.41, 5.74) is 2.20. The number of thioether (sulfide) groups is 2. The number of ether oxygens (including phenoxy) is 1. The monoisotopic (exact) mass is 360 g/mol. The first-order valence-electron chi connectivity index (χ1n) is 8.01. The molecule has 2 aliphatic rings. The fraction of sp³-hybridized carbons (Fsp3) is 0.389. The predicted octanol–water partition coefficient (Wildman–Crippen LogP) is 4.24. The van der Waals surface area contributed by atoms with Crippen molar-refractivity contribution in [3.63, 3.8) is 0 Å². The number of rotatable bonds is 4. The van der Waals surface area contributed by atoms with Gasteiger partial charge < -0.3 is 4.74 Å². The van der Waals surface area contributed by atoms with E-state index in [1.54, 1.807) is 11.8 Å². The third kappa shape index (κ3) is 3.30. The second kappa shape index (κ2) is 7.15. The van der Waals surface area contributed by atoms with Gasteiger partial charge in [0.1, 0.15) is 21.5 Å². The van der Waals surface area contributed by atoms with Crippen molar-refractivity contribution in [2.75, 3.05) is 13.3 Å². The number of hydrogen-bond donors (Lipinski definition) is 0. The second-order valence-corrected chi connectivity index (χ2v) is 7.99. The summed E-state index contributed by atoms with van der Waals surface area (Å²) in [6.07, 6.45) is 2.66. The molecule has 0 amide bonds. The third-order valence-electron chi connectivity index (χ3n) is 3.93. The highest BCUT2D eigenvalue weighted by atomic mass is 32.2. The summed E-state index contributed by atoms with van der Waals surface area (Å²) in [6, 6.07) is 8.37. The molecule has 1 aromatic rings. The van der Waals surface area contributed by atoms with Crippen molar-refractivity contribution >= 4 is 39.6 Å². The molecule has 1 unspecified atom stereocenters. The number of fused-ring (bicyclic) bond motifs is 1. The highest BCUT2D eigenvalue weighted by Gasteiger charge is 2.46. The van der Waals surface area contributed by atoms with Crippen LogP contribution in [-0.2, 0) is 9.53 Å². The van der Waals surface area contributed by atoms with Crippen LogP contribution in [0.15, 0.2) is 50.8 Å². The molecule has 0 fully saturated rings. The van der Waals surface area contributed by atoms with Gasteiger partial charge in [0.25, 0.3) is 0 Å². The van der Waals surface area contributed by atoms with Gasteiger partial charge in [-0.15, -0.1) is 0 Å². The second-order valence-electron chi connectivity index (χ2n) is 5.61. The van der Waals surface area contributed by atoms with Crippen LogP contribution in [0.1, 0.15) is 25.8 Å². The van der Waals surface area contributed by atoms with E-state index >= 15 is 0 Å². The van der Waals surface area contributed by atoms with Crippen LogP contribution in [0.5, 0.6) is 0 Å². The minimum Gasteiger partial charge on any atom is -0.465 e. The van der Waals surface area contributed by atoms with Crippen LogP contribution < -0.4 is 0 Å². The minimum atomic E-state index is -0.677. The van der Waals surface area contributed by atoms with Gasteiger partial charge in [0.15, 0.2) is 0 Å². The van der Waals surface area contributed by atoms with E-state index in [2.05, 4.69) is 41.2 Å². The van der Waals surface area contributed by atoms with Crippen LogP contribution >= 0.6 is 23.5 Å². The largest absolute Gasteiger partial charge is 0.465 e. The van der Waals surface area contributed by atoms with Crippen LogP contribution in [0.3, 0.4) is 0 Å². The summed E-state index contributed by atoms with van der Waals surface area (Å²) in [7, 11) is 0. The Morgan fingerprint density at radius 2 is 2.04 bits per heavy atom. The Morgan fingerprint density at radius 1 is 1.29 bits per heavy atom. The van der Waals surface area contributed by atoms with Crippen molar-refractivity contribution < 1.29 is 9.53 Å². The van der Waals surface area contributed by atoms with Crippen molar-refractivity contribution in [3.8, 4) is 0 Å². The molecule has 0 aliphatic carbocycles. The predicted molar refractivity (Wildman–Crippen MR) is 102 cm³/mol. The molecule has 24 heavy (non-hydrogen) atoms. The third-order valence-corrected chi connectivity index (χ3v) is 6.46. The first kappa shape index (κ1) is 17.3. The van der Waals surface area contributed by atoms with Crippen LogP contribution in [0.4, 0.5) is 0 Å². The summed E-state index contributed by atoms with van der Waals surface area (Å²) >= 11 is 3.12. The molecule has 2 heterocycles. The van der Waals surface area contributed by atoms with Gasteiger partial charge in [-0.05, 0) is 38.5 Å². The molecule has 0 saturated heterocycles. The smallest absolute Gasteiger partial charge is 0.326 e. The highest BCUT2D eigenvalue weighted by Crippen LogP contribution is 2.45. The topological polar surface area (TPSA) is 51.0 Å². The standard InChI is InChI=1S/C18H20N2O2S2/c1-4-18(17(21)22-5-2)10-14-15(19-11-20-16(14)24-18)23-13-8-6-12(3)7-9-13/h6-10H,4-5,11H2,1-3H3. The Kier molecular flexibility index (Phi) is 5.15. The van der Waals surface area contributed by atoms with E-state index in [-0.39, 0.29) is 5.97 Å². The number of aryl methyl sites for hydroxylation is 1. The van der Waals surface area contributed by atoms with Gasteiger partial charge in [0, 0.05) is 10.5 Å². The lowest BCUT2D eigenvalue weighted by Crippen LogP contribution is -2.33. The van der Waals surface area contributed by atoms with E-state index in [0.717, 1.165) is 20.6 Å². The number of nitrogens with zero attached hydrogens (tertiary/aromatic N) is 2. The van der Waals surface area contributed by atoms with Gasteiger partial charge in [-0.3, -0.25) is 14.8 Å². The van der Waals surface area contributed by atoms with E-state index in [9.17, 15) is 4.79 Å². The van der Waals surface area contributed by atoms with Gasteiger partial charge in [-0.2, -0.15) is 0 Å². The number of carbonyl (C=O) groups excluding carboxylic acids is 1. The number of hydrogen-bond acceptors (Lipinski definition) is 6. The lowest BCUT2D eigenvalue weighted by molar-refractivity contribution is -0.144. The van der Waals surface area contributed by atoms with Crippen molar-refractivity contribution in [2.24, 2.45) is 9.98 Å². The van der Waals surface area contributed by atoms with Crippen LogP contribution in [0.25, 0.3) is 0 Å².